The highest BCUT2D eigenvalue weighted by Gasteiger charge is 2.09. The molecule has 0 aliphatic carbocycles. The quantitative estimate of drug-likeness (QED) is 0.576. The lowest BCUT2D eigenvalue weighted by atomic mass is 10.2. The van der Waals surface area contributed by atoms with Gasteiger partial charge in [-0.05, 0) is 17.7 Å². The van der Waals surface area contributed by atoms with Crippen LogP contribution in [0.4, 0.5) is 0 Å². The van der Waals surface area contributed by atoms with Crippen molar-refractivity contribution >= 4 is 5.97 Å². The van der Waals surface area contributed by atoms with Crippen molar-refractivity contribution < 1.29 is 19.5 Å². The molecule has 0 saturated carbocycles. The minimum absolute atomic E-state index is 0.155. The van der Waals surface area contributed by atoms with Gasteiger partial charge < -0.3 is 9.84 Å². The highest BCUT2D eigenvalue weighted by Crippen LogP contribution is 2.17. The molecule has 0 aliphatic heterocycles. The summed E-state index contributed by atoms with van der Waals surface area (Å²) in [7, 11) is 0. The van der Waals surface area contributed by atoms with Crippen LogP contribution in [0.2, 0.25) is 0 Å². The first kappa shape index (κ1) is 15.0. The predicted molar refractivity (Wildman–Crippen MR) is 78.1 cm³/mol. The van der Waals surface area contributed by atoms with Crippen molar-refractivity contribution in [2.75, 3.05) is 13.2 Å². The number of carboxylic acids is 1. The van der Waals surface area contributed by atoms with Crippen LogP contribution >= 0.6 is 0 Å². The number of benzene rings is 2. The van der Waals surface area contributed by atoms with E-state index in [-0.39, 0.29) is 5.56 Å². The number of nitrogens with one attached hydrogen (secondary N) is 1. The first-order chi connectivity index (χ1) is 10.3. The van der Waals surface area contributed by atoms with E-state index >= 15 is 0 Å². The van der Waals surface area contributed by atoms with E-state index in [0.717, 1.165) is 5.56 Å². The van der Waals surface area contributed by atoms with Gasteiger partial charge in [0.05, 0.1) is 13.2 Å². The maximum absolute atomic E-state index is 11.0. The van der Waals surface area contributed by atoms with Crippen LogP contribution in [0, 0.1) is 0 Å². The van der Waals surface area contributed by atoms with Gasteiger partial charge in [-0.3, -0.25) is 4.84 Å². The second-order valence-electron chi connectivity index (χ2n) is 4.32. The summed E-state index contributed by atoms with van der Waals surface area (Å²) in [6.07, 6.45) is 0. The monoisotopic (exact) mass is 287 g/mol. The molecule has 0 unspecified atom stereocenters. The highest BCUT2D eigenvalue weighted by molar-refractivity contribution is 5.90. The summed E-state index contributed by atoms with van der Waals surface area (Å²) in [4.78, 5) is 16.3. The Hall–Kier alpha value is -2.37. The van der Waals surface area contributed by atoms with E-state index in [1.165, 1.54) is 6.07 Å². The molecule has 110 valence electrons. The van der Waals surface area contributed by atoms with Gasteiger partial charge >= 0.3 is 5.97 Å². The fourth-order valence-electron chi connectivity index (χ4n) is 1.75. The third kappa shape index (κ3) is 4.91. The molecule has 2 rings (SSSR count). The number of hydrogen-bond donors (Lipinski definition) is 2. The Morgan fingerprint density at radius 3 is 2.52 bits per heavy atom. The zero-order valence-electron chi connectivity index (χ0n) is 11.5. The van der Waals surface area contributed by atoms with Gasteiger partial charge in [0.2, 0.25) is 0 Å². The summed E-state index contributed by atoms with van der Waals surface area (Å²) in [6, 6.07) is 16.3. The first-order valence-corrected chi connectivity index (χ1v) is 6.61. The fraction of sp³-hybridized carbons (Fsp3) is 0.188. The zero-order chi connectivity index (χ0) is 14.9. The summed E-state index contributed by atoms with van der Waals surface area (Å²) in [6.45, 7) is 1.24. The van der Waals surface area contributed by atoms with Crippen molar-refractivity contribution in [2.24, 2.45) is 0 Å². The number of hydroxylamine groups is 1. The Labute approximate surface area is 123 Å². The van der Waals surface area contributed by atoms with Crippen molar-refractivity contribution in [3.63, 3.8) is 0 Å². The Bertz CT molecular complexity index is 571. The topological polar surface area (TPSA) is 67.8 Å². The SMILES string of the molecule is O=C(O)c1ccccc1OCCNOCc1ccccc1. The number of carboxylic acid groups (broad SMARTS) is 1. The lowest BCUT2D eigenvalue weighted by Gasteiger charge is -2.10. The van der Waals surface area contributed by atoms with Crippen LogP contribution in [-0.2, 0) is 11.4 Å². The second kappa shape index (κ2) is 8.04. The van der Waals surface area contributed by atoms with Gasteiger partial charge in [0.15, 0.2) is 0 Å². The molecule has 21 heavy (non-hydrogen) atoms. The van der Waals surface area contributed by atoms with Gasteiger partial charge in [-0.1, -0.05) is 42.5 Å². The molecule has 5 heteroatoms. The molecule has 0 radical (unpaired) electrons. The third-order valence-corrected chi connectivity index (χ3v) is 2.76. The molecule has 0 atom stereocenters. The summed E-state index contributed by atoms with van der Waals surface area (Å²) in [5.41, 5.74) is 4.01. The van der Waals surface area contributed by atoms with Crippen molar-refractivity contribution in [1.29, 1.82) is 0 Å². The summed E-state index contributed by atoms with van der Waals surface area (Å²) >= 11 is 0. The molecule has 0 fully saturated rings. The van der Waals surface area contributed by atoms with Crippen molar-refractivity contribution in [3.8, 4) is 5.75 Å². The lowest BCUT2D eigenvalue weighted by molar-refractivity contribution is 0.0215. The minimum atomic E-state index is -1.00. The lowest BCUT2D eigenvalue weighted by Crippen LogP contribution is -2.21. The van der Waals surface area contributed by atoms with Gasteiger partial charge in [-0.15, -0.1) is 0 Å². The number of rotatable bonds is 8. The summed E-state index contributed by atoms with van der Waals surface area (Å²) in [5.74, 6) is -0.645. The standard InChI is InChI=1S/C16H17NO4/c18-16(19)14-8-4-5-9-15(14)20-11-10-17-21-12-13-6-2-1-3-7-13/h1-9,17H,10-12H2,(H,18,19). The van der Waals surface area contributed by atoms with Gasteiger partial charge in [-0.25, -0.2) is 4.79 Å². The maximum atomic E-state index is 11.0. The molecular formula is C16H17NO4. The van der Waals surface area contributed by atoms with Crippen LogP contribution in [-0.4, -0.2) is 24.2 Å². The number of carbonyl (C=O) groups is 1. The smallest absolute Gasteiger partial charge is 0.339 e. The van der Waals surface area contributed by atoms with E-state index in [0.29, 0.717) is 25.5 Å². The second-order valence-corrected chi connectivity index (χ2v) is 4.32. The first-order valence-electron chi connectivity index (χ1n) is 6.61. The Balaban J connectivity index is 1.67. The zero-order valence-corrected chi connectivity index (χ0v) is 11.5. The fourth-order valence-corrected chi connectivity index (χ4v) is 1.75. The molecular weight excluding hydrogens is 270 g/mol. The number of aromatic carboxylic acids is 1. The largest absolute Gasteiger partial charge is 0.491 e. The number of hydrogen-bond acceptors (Lipinski definition) is 4. The molecule has 0 aromatic heterocycles. The highest BCUT2D eigenvalue weighted by atomic mass is 16.6. The van der Waals surface area contributed by atoms with E-state index in [1.54, 1.807) is 18.2 Å². The van der Waals surface area contributed by atoms with E-state index in [9.17, 15) is 4.79 Å². The van der Waals surface area contributed by atoms with Crippen LogP contribution in [0.1, 0.15) is 15.9 Å². The molecule has 2 aromatic carbocycles. The third-order valence-electron chi connectivity index (χ3n) is 2.76. The minimum Gasteiger partial charge on any atom is -0.491 e. The Kier molecular flexibility index (Phi) is 5.75. The summed E-state index contributed by atoms with van der Waals surface area (Å²) in [5, 5.41) is 9.01. The van der Waals surface area contributed by atoms with E-state index < -0.39 is 5.97 Å². The maximum Gasteiger partial charge on any atom is 0.339 e. The average Bonchev–Trinajstić information content (AvgIpc) is 2.52. The molecule has 2 aromatic rings. The van der Waals surface area contributed by atoms with Crippen LogP contribution in [0.3, 0.4) is 0 Å². The average molecular weight is 287 g/mol. The Morgan fingerprint density at radius 1 is 1.05 bits per heavy atom. The van der Waals surface area contributed by atoms with Crippen LogP contribution in [0.15, 0.2) is 54.6 Å². The molecule has 2 N–H and O–H groups in total. The van der Waals surface area contributed by atoms with Crippen molar-refractivity contribution in [3.05, 3.63) is 65.7 Å². The number of ether oxygens (including phenoxy) is 1. The number of para-hydroxylation sites is 1. The van der Waals surface area contributed by atoms with Gasteiger partial charge in [0.1, 0.15) is 17.9 Å². The molecule has 5 nitrogen and oxygen atoms in total. The molecule has 0 amide bonds. The molecule has 0 saturated heterocycles. The van der Waals surface area contributed by atoms with Gasteiger partial charge in [-0.2, -0.15) is 5.48 Å². The van der Waals surface area contributed by atoms with Crippen molar-refractivity contribution in [1.82, 2.24) is 5.48 Å². The van der Waals surface area contributed by atoms with E-state index in [4.69, 9.17) is 14.7 Å². The van der Waals surface area contributed by atoms with Crippen LogP contribution in [0.5, 0.6) is 5.75 Å². The normalized spacial score (nSPS) is 10.3. The summed E-state index contributed by atoms with van der Waals surface area (Å²) < 4.78 is 5.43. The molecule has 0 heterocycles. The molecule has 0 bridgehead atoms. The Morgan fingerprint density at radius 2 is 1.76 bits per heavy atom. The molecule has 0 aliphatic rings. The van der Waals surface area contributed by atoms with E-state index in [2.05, 4.69) is 5.48 Å². The van der Waals surface area contributed by atoms with Crippen molar-refractivity contribution in [2.45, 2.75) is 6.61 Å². The molecule has 0 spiro atoms. The van der Waals surface area contributed by atoms with Gasteiger partial charge in [0, 0.05) is 0 Å². The van der Waals surface area contributed by atoms with Gasteiger partial charge in [0.25, 0.3) is 0 Å². The van der Waals surface area contributed by atoms with Crippen LogP contribution < -0.4 is 10.2 Å². The van der Waals surface area contributed by atoms with E-state index in [1.807, 2.05) is 30.3 Å². The van der Waals surface area contributed by atoms with Crippen LogP contribution in [0.25, 0.3) is 0 Å². The predicted octanol–water partition coefficient (Wildman–Crippen LogP) is 2.49.